The summed E-state index contributed by atoms with van der Waals surface area (Å²) in [5, 5.41) is 0. The Morgan fingerprint density at radius 2 is 1.51 bits per heavy atom. The standard InChI is InChI=1S/C25H24F7N3/c1-14-2-3-16-10-20(26)12-21-23(16)35(14)22(33-21)13-34-6-4-15(5-7-34)17-8-18(24(27,28)29)11-19(9-17)25(30,31)32/h8-12,14-15H,2-7,13H2,1H3. The first-order chi connectivity index (χ1) is 16.4. The van der Waals surface area contributed by atoms with E-state index in [1.54, 1.807) is 6.07 Å². The molecule has 0 amide bonds. The Kier molecular flexibility index (Phi) is 5.85. The molecule has 2 aliphatic heterocycles. The molecule has 3 heterocycles. The molecule has 0 radical (unpaired) electrons. The van der Waals surface area contributed by atoms with Gasteiger partial charge >= 0.3 is 12.4 Å². The third kappa shape index (κ3) is 4.64. The second kappa shape index (κ2) is 8.50. The molecule has 1 unspecified atom stereocenters. The van der Waals surface area contributed by atoms with E-state index in [0.717, 1.165) is 41.9 Å². The lowest BCUT2D eigenvalue weighted by molar-refractivity contribution is -0.143. The van der Waals surface area contributed by atoms with E-state index in [1.165, 1.54) is 6.07 Å². The molecule has 0 saturated carbocycles. The second-order valence-electron chi connectivity index (χ2n) is 9.61. The van der Waals surface area contributed by atoms with Gasteiger partial charge in [-0.2, -0.15) is 26.3 Å². The summed E-state index contributed by atoms with van der Waals surface area (Å²) in [6, 6.07) is 5.04. The summed E-state index contributed by atoms with van der Waals surface area (Å²) in [5.41, 5.74) is 0.0106. The number of hydrogen-bond acceptors (Lipinski definition) is 2. The third-order valence-electron chi connectivity index (χ3n) is 7.21. The first-order valence-electron chi connectivity index (χ1n) is 11.6. The van der Waals surface area contributed by atoms with Gasteiger partial charge in [0.2, 0.25) is 0 Å². The number of halogens is 7. The van der Waals surface area contributed by atoms with Crippen molar-refractivity contribution in [2.45, 2.75) is 63.5 Å². The van der Waals surface area contributed by atoms with Crippen molar-refractivity contribution in [1.82, 2.24) is 14.5 Å². The smallest absolute Gasteiger partial charge is 0.324 e. The summed E-state index contributed by atoms with van der Waals surface area (Å²) >= 11 is 0. The van der Waals surface area contributed by atoms with Crippen molar-refractivity contribution < 1.29 is 30.7 Å². The minimum atomic E-state index is -4.85. The normalized spacial score (nSPS) is 20.1. The molecule has 1 fully saturated rings. The van der Waals surface area contributed by atoms with Gasteiger partial charge in [0.1, 0.15) is 11.6 Å². The average Bonchev–Trinajstić information content (AvgIpc) is 3.14. The fourth-order valence-electron chi connectivity index (χ4n) is 5.43. The number of nitrogens with zero attached hydrogens (tertiary/aromatic N) is 3. The molecule has 0 aliphatic carbocycles. The summed E-state index contributed by atoms with van der Waals surface area (Å²) in [6.07, 6.45) is -7.18. The van der Waals surface area contributed by atoms with Crippen LogP contribution in [0.15, 0.2) is 30.3 Å². The lowest BCUT2D eigenvalue weighted by atomic mass is 9.87. The summed E-state index contributed by atoms with van der Waals surface area (Å²) in [7, 11) is 0. The Balaban J connectivity index is 1.36. The lowest BCUT2D eigenvalue weighted by Gasteiger charge is -2.33. The van der Waals surface area contributed by atoms with Gasteiger partial charge in [-0.15, -0.1) is 0 Å². The molecular weight excluding hydrogens is 475 g/mol. The Morgan fingerprint density at radius 1 is 0.886 bits per heavy atom. The minimum absolute atomic E-state index is 0.0715. The van der Waals surface area contributed by atoms with E-state index in [0.29, 0.717) is 38.0 Å². The van der Waals surface area contributed by atoms with Crippen LogP contribution in [0.2, 0.25) is 0 Å². The summed E-state index contributed by atoms with van der Waals surface area (Å²) in [4.78, 5) is 6.78. The van der Waals surface area contributed by atoms with Gasteiger partial charge in [-0.1, -0.05) is 0 Å². The Morgan fingerprint density at radius 3 is 2.11 bits per heavy atom. The largest absolute Gasteiger partial charge is 0.416 e. The highest BCUT2D eigenvalue weighted by Crippen LogP contribution is 2.40. The summed E-state index contributed by atoms with van der Waals surface area (Å²) < 4.78 is 95.6. The van der Waals surface area contributed by atoms with Gasteiger partial charge in [-0.3, -0.25) is 4.90 Å². The monoisotopic (exact) mass is 499 g/mol. The SMILES string of the molecule is CC1CCc2cc(F)cc3nc(CN4CCC(c5cc(C(F)(F)F)cc(C(F)(F)F)c5)CC4)n1c23. The molecule has 0 spiro atoms. The van der Waals surface area contributed by atoms with E-state index in [4.69, 9.17) is 0 Å². The third-order valence-corrected chi connectivity index (χ3v) is 7.21. The number of imidazole rings is 1. The van der Waals surface area contributed by atoms with Crippen molar-refractivity contribution in [2.24, 2.45) is 0 Å². The van der Waals surface area contributed by atoms with Crippen LogP contribution in [0.1, 0.15) is 66.2 Å². The molecule has 3 aromatic rings. The molecule has 0 N–H and O–H groups in total. The highest BCUT2D eigenvalue weighted by molar-refractivity contribution is 5.80. The van der Waals surface area contributed by atoms with Gasteiger partial charge in [0.05, 0.1) is 28.7 Å². The summed E-state index contributed by atoms with van der Waals surface area (Å²) in [6.45, 7) is 3.61. The first kappa shape index (κ1) is 24.1. The van der Waals surface area contributed by atoms with Crippen molar-refractivity contribution >= 4 is 11.0 Å². The molecule has 188 valence electrons. The number of likely N-dealkylation sites (tertiary alicyclic amines) is 1. The molecular formula is C25H24F7N3. The van der Waals surface area contributed by atoms with Crippen LogP contribution in [0.25, 0.3) is 11.0 Å². The van der Waals surface area contributed by atoms with E-state index in [9.17, 15) is 30.7 Å². The van der Waals surface area contributed by atoms with Crippen molar-refractivity contribution in [3.05, 3.63) is 64.2 Å². The van der Waals surface area contributed by atoms with Crippen molar-refractivity contribution in [1.29, 1.82) is 0 Å². The van der Waals surface area contributed by atoms with E-state index < -0.39 is 29.4 Å². The molecule has 2 aromatic carbocycles. The Labute approximate surface area is 197 Å². The fraction of sp³-hybridized carbons (Fsp3) is 0.480. The van der Waals surface area contributed by atoms with Crippen LogP contribution in [0.3, 0.4) is 0 Å². The molecule has 3 nitrogen and oxygen atoms in total. The second-order valence-corrected chi connectivity index (χ2v) is 9.61. The number of aromatic nitrogens is 2. The van der Waals surface area contributed by atoms with Crippen LogP contribution in [0, 0.1) is 5.82 Å². The first-order valence-corrected chi connectivity index (χ1v) is 11.6. The topological polar surface area (TPSA) is 21.1 Å². The van der Waals surface area contributed by atoms with E-state index in [-0.39, 0.29) is 23.5 Å². The van der Waals surface area contributed by atoms with E-state index >= 15 is 0 Å². The molecule has 1 saturated heterocycles. The van der Waals surface area contributed by atoms with E-state index in [1.807, 2.05) is 0 Å². The zero-order chi connectivity index (χ0) is 25.1. The van der Waals surface area contributed by atoms with Gasteiger partial charge in [0.15, 0.2) is 0 Å². The molecule has 2 aliphatic rings. The zero-order valence-corrected chi connectivity index (χ0v) is 19.0. The fourth-order valence-corrected chi connectivity index (χ4v) is 5.43. The molecule has 1 aromatic heterocycles. The van der Waals surface area contributed by atoms with Crippen LogP contribution in [0.4, 0.5) is 30.7 Å². The van der Waals surface area contributed by atoms with Crippen LogP contribution in [0.5, 0.6) is 0 Å². The zero-order valence-electron chi connectivity index (χ0n) is 19.0. The van der Waals surface area contributed by atoms with Gasteiger partial charge in [0, 0.05) is 12.1 Å². The average molecular weight is 499 g/mol. The van der Waals surface area contributed by atoms with Gasteiger partial charge in [0.25, 0.3) is 0 Å². The van der Waals surface area contributed by atoms with Crippen LogP contribution >= 0.6 is 0 Å². The maximum absolute atomic E-state index is 14.0. The number of benzene rings is 2. The molecule has 10 heteroatoms. The van der Waals surface area contributed by atoms with Crippen LogP contribution < -0.4 is 0 Å². The van der Waals surface area contributed by atoms with Crippen molar-refractivity contribution in [3.8, 4) is 0 Å². The predicted molar refractivity (Wildman–Crippen MR) is 116 cm³/mol. The highest BCUT2D eigenvalue weighted by Gasteiger charge is 2.38. The van der Waals surface area contributed by atoms with E-state index in [2.05, 4.69) is 21.4 Å². The number of hydrogen-bond donors (Lipinski definition) is 0. The summed E-state index contributed by atoms with van der Waals surface area (Å²) in [5.74, 6) is 0.0845. The number of piperidine rings is 1. The van der Waals surface area contributed by atoms with Crippen molar-refractivity contribution in [2.75, 3.05) is 13.1 Å². The van der Waals surface area contributed by atoms with Gasteiger partial charge < -0.3 is 4.57 Å². The molecule has 5 rings (SSSR count). The Hall–Kier alpha value is -2.62. The number of rotatable bonds is 3. The number of alkyl halides is 6. The maximum Gasteiger partial charge on any atom is 0.416 e. The van der Waals surface area contributed by atoms with Gasteiger partial charge in [-0.05, 0) is 87.0 Å². The number of aryl methyl sites for hydroxylation is 1. The predicted octanol–water partition coefficient (Wildman–Crippen LogP) is 7.10. The van der Waals surface area contributed by atoms with Crippen LogP contribution in [-0.2, 0) is 25.3 Å². The molecule has 1 atom stereocenters. The highest BCUT2D eigenvalue weighted by atomic mass is 19.4. The van der Waals surface area contributed by atoms with Crippen LogP contribution in [-0.4, -0.2) is 27.5 Å². The maximum atomic E-state index is 14.0. The Bertz CT molecular complexity index is 1220. The molecule has 0 bridgehead atoms. The quantitative estimate of drug-likeness (QED) is 0.359. The molecule has 35 heavy (non-hydrogen) atoms. The van der Waals surface area contributed by atoms with Gasteiger partial charge in [-0.25, -0.2) is 9.37 Å². The lowest BCUT2D eigenvalue weighted by Crippen LogP contribution is -2.34. The minimum Gasteiger partial charge on any atom is -0.324 e. The van der Waals surface area contributed by atoms with Crippen molar-refractivity contribution in [3.63, 3.8) is 0 Å².